The number of alkyl halides is 3. The van der Waals surface area contributed by atoms with Crippen molar-refractivity contribution in [3.8, 4) is 0 Å². The van der Waals surface area contributed by atoms with Crippen LogP contribution in [0.3, 0.4) is 0 Å². The quantitative estimate of drug-likeness (QED) is 0.378. The second kappa shape index (κ2) is 7.32. The van der Waals surface area contributed by atoms with Gasteiger partial charge in [0.05, 0.1) is 11.7 Å². The molecule has 0 fully saturated rings. The number of Topliss-reactive ketones (excluding diaryl/α,β-unsaturated/α-hetero) is 2. The molecule has 0 amide bonds. The summed E-state index contributed by atoms with van der Waals surface area (Å²) in [6.45, 7) is 5.27. The van der Waals surface area contributed by atoms with Crippen LogP contribution in [-0.4, -0.2) is 19.9 Å². The molecule has 2 aromatic rings. The Morgan fingerprint density at radius 2 is 1.71 bits per heavy atom. The summed E-state index contributed by atoms with van der Waals surface area (Å²) in [5.74, 6) is -0.899. The van der Waals surface area contributed by atoms with Crippen LogP contribution in [0.2, 0.25) is 5.02 Å². The zero-order valence-electron chi connectivity index (χ0n) is 12.6. The van der Waals surface area contributed by atoms with Gasteiger partial charge in [0.1, 0.15) is 0 Å². The van der Waals surface area contributed by atoms with Crippen LogP contribution in [0.4, 0.5) is 0 Å². The molecule has 1 atom stereocenters. The Kier molecular flexibility index (Phi) is 5.82. The monoisotopic (exact) mass is 403 g/mol. The second-order valence-corrected chi connectivity index (χ2v) is 7.88. The van der Waals surface area contributed by atoms with Gasteiger partial charge in [0.2, 0.25) is 5.78 Å². The third kappa shape index (κ3) is 4.04. The van der Waals surface area contributed by atoms with Crippen LogP contribution < -0.4 is 0 Å². The van der Waals surface area contributed by atoms with Gasteiger partial charge in [-0.15, -0.1) is 0 Å². The fourth-order valence-corrected chi connectivity index (χ4v) is 2.74. The number of hydrogen-bond donors (Lipinski definition) is 0. The largest absolute Gasteiger partial charge is 0.333 e. The first kappa shape index (κ1) is 19.1. The van der Waals surface area contributed by atoms with E-state index in [0.717, 1.165) is 5.56 Å². The molecule has 0 saturated heterocycles. The van der Waals surface area contributed by atoms with Crippen LogP contribution in [0, 0.1) is 0 Å². The van der Waals surface area contributed by atoms with Crippen molar-refractivity contribution < 1.29 is 9.59 Å². The van der Waals surface area contributed by atoms with E-state index < -0.39 is 15.6 Å². The van der Waals surface area contributed by atoms with Crippen molar-refractivity contribution >= 4 is 58.0 Å². The molecule has 0 spiro atoms. The molecule has 2 rings (SSSR count). The van der Waals surface area contributed by atoms with E-state index in [9.17, 15) is 9.59 Å². The van der Waals surface area contributed by atoms with E-state index >= 15 is 0 Å². The van der Waals surface area contributed by atoms with Crippen LogP contribution in [-0.2, 0) is 4.79 Å². The lowest BCUT2D eigenvalue weighted by Gasteiger charge is -2.24. The molecular formula is C17H13Cl4NO2. The topological polar surface area (TPSA) is 39.1 Å². The summed E-state index contributed by atoms with van der Waals surface area (Å²) in [6, 6.07) is 9.45. The van der Waals surface area contributed by atoms with Crippen molar-refractivity contribution in [2.45, 2.75) is 16.8 Å². The van der Waals surface area contributed by atoms with Gasteiger partial charge >= 0.3 is 0 Å². The molecule has 126 valence electrons. The lowest BCUT2D eigenvalue weighted by molar-refractivity contribution is -0.113. The number of ketones is 2. The first-order chi connectivity index (χ1) is 11.1. The highest BCUT2D eigenvalue weighted by molar-refractivity contribution is 6.77. The third-order valence-corrected chi connectivity index (χ3v) is 4.28. The Labute approximate surface area is 159 Å². The van der Waals surface area contributed by atoms with Gasteiger partial charge in [0.15, 0.2) is 5.78 Å². The molecule has 7 heteroatoms. The zero-order valence-corrected chi connectivity index (χ0v) is 15.6. The van der Waals surface area contributed by atoms with Gasteiger partial charge in [0, 0.05) is 16.8 Å². The average Bonchev–Trinajstić information content (AvgIpc) is 2.96. The number of carbonyl (C=O) groups is 2. The van der Waals surface area contributed by atoms with Crippen LogP contribution >= 0.6 is 46.4 Å². The molecule has 3 nitrogen and oxygen atoms in total. The van der Waals surface area contributed by atoms with E-state index in [0.29, 0.717) is 10.6 Å². The maximum atomic E-state index is 12.4. The summed E-state index contributed by atoms with van der Waals surface area (Å²) in [5.41, 5.74) is 1.19. The van der Waals surface area contributed by atoms with Crippen molar-refractivity contribution in [1.29, 1.82) is 0 Å². The van der Waals surface area contributed by atoms with Crippen molar-refractivity contribution in [2.75, 3.05) is 0 Å². The normalized spacial score (nSPS) is 12.7. The Morgan fingerprint density at radius 1 is 1.12 bits per heavy atom. The standard InChI is InChI=1S/C17H13Cl4NO2/c1-10(11(2)23)15(12-5-7-13(18)8-6-12)22-9-3-4-14(22)16(24)17(19,20)21/h3-9,15H,1H2,2H3/t15-/m0/s1. The Bertz CT molecular complexity index is 788. The Balaban J connectivity index is 2.60. The predicted octanol–water partition coefficient (Wildman–Crippen LogP) is 5.43. The molecule has 0 aliphatic carbocycles. The average molecular weight is 405 g/mol. The first-order valence-electron chi connectivity index (χ1n) is 6.86. The SMILES string of the molecule is C=C(C(C)=O)[C@@H](c1ccc(Cl)cc1)n1cccc1C(=O)C(Cl)(Cl)Cl. The van der Waals surface area contributed by atoms with E-state index in [-0.39, 0.29) is 11.5 Å². The second-order valence-electron chi connectivity index (χ2n) is 5.16. The summed E-state index contributed by atoms with van der Waals surface area (Å²) < 4.78 is -0.532. The van der Waals surface area contributed by atoms with Crippen molar-refractivity contribution in [2.24, 2.45) is 0 Å². The van der Waals surface area contributed by atoms with Crippen molar-refractivity contribution in [1.82, 2.24) is 4.57 Å². The van der Waals surface area contributed by atoms with Gasteiger partial charge in [-0.05, 0) is 36.8 Å². The number of aromatic nitrogens is 1. The summed E-state index contributed by atoms with van der Waals surface area (Å²) in [4.78, 5) is 24.3. The maximum absolute atomic E-state index is 12.4. The predicted molar refractivity (Wildman–Crippen MR) is 98.5 cm³/mol. The van der Waals surface area contributed by atoms with Gasteiger partial charge in [-0.1, -0.05) is 65.1 Å². The molecule has 1 aromatic heterocycles. The van der Waals surface area contributed by atoms with E-state index in [1.807, 2.05) is 0 Å². The van der Waals surface area contributed by atoms with Crippen LogP contribution in [0.1, 0.15) is 29.0 Å². The highest BCUT2D eigenvalue weighted by Crippen LogP contribution is 2.34. The summed E-state index contributed by atoms with van der Waals surface area (Å²) in [7, 11) is 0. The number of rotatable bonds is 5. The molecule has 0 radical (unpaired) electrons. The number of allylic oxidation sites excluding steroid dienone is 1. The maximum Gasteiger partial charge on any atom is 0.255 e. The van der Waals surface area contributed by atoms with E-state index in [1.54, 1.807) is 41.1 Å². The molecule has 24 heavy (non-hydrogen) atoms. The highest BCUT2D eigenvalue weighted by atomic mass is 35.6. The smallest absolute Gasteiger partial charge is 0.255 e. The third-order valence-electron chi connectivity index (χ3n) is 3.52. The molecular weight excluding hydrogens is 392 g/mol. The summed E-state index contributed by atoms with van der Waals surface area (Å²) in [5, 5.41) is 0.552. The molecule has 0 N–H and O–H groups in total. The minimum Gasteiger partial charge on any atom is -0.333 e. The van der Waals surface area contributed by atoms with Crippen LogP contribution in [0.5, 0.6) is 0 Å². The zero-order chi connectivity index (χ0) is 18.1. The lowest BCUT2D eigenvalue weighted by atomic mass is 9.96. The number of benzene rings is 1. The first-order valence-corrected chi connectivity index (χ1v) is 8.37. The molecule has 0 unspecified atom stereocenters. The molecule has 1 aromatic carbocycles. The lowest BCUT2D eigenvalue weighted by Crippen LogP contribution is -2.26. The van der Waals surface area contributed by atoms with E-state index in [2.05, 4.69) is 6.58 Å². The molecule has 0 aliphatic heterocycles. The minimum absolute atomic E-state index is 0.164. The van der Waals surface area contributed by atoms with Gasteiger partial charge in [-0.25, -0.2) is 0 Å². The fourth-order valence-electron chi connectivity index (χ4n) is 2.32. The molecule has 0 saturated carbocycles. The van der Waals surface area contributed by atoms with Crippen LogP contribution in [0.25, 0.3) is 0 Å². The summed E-state index contributed by atoms with van der Waals surface area (Å²) >= 11 is 23.1. The van der Waals surface area contributed by atoms with Gasteiger partial charge in [-0.3, -0.25) is 9.59 Å². The fraction of sp³-hybridized carbons (Fsp3) is 0.176. The Morgan fingerprint density at radius 3 is 2.21 bits per heavy atom. The van der Waals surface area contributed by atoms with Gasteiger partial charge in [0.25, 0.3) is 3.79 Å². The summed E-state index contributed by atoms with van der Waals surface area (Å²) in [6.07, 6.45) is 1.64. The minimum atomic E-state index is -2.10. The molecule has 0 bridgehead atoms. The molecule has 0 aliphatic rings. The number of carbonyl (C=O) groups excluding carboxylic acids is 2. The van der Waals surface area contributed by atoms with E-state index in [4.69, 9.17) is 46.4 Å². The Hall–Kier alpha value is -1.26. The highest BCUT2D eigenvalue weighted by Gasteiger charge is 2.35. The van der Waals surface area contributed by atoms with Gasteiger partial charge < -0.3 is 4.57 Å². The van der Waals surface area contributed by atoms with Crippen molar-refractivity contribution in [3.05, 3.63) is 71.0 Å². The number of halogens is 4. The number of hydrogen-bond acceptors (Lipinski definition) is 2. The van der Waals surface area contributed by atoms with Crippen molar-refractivity contribution in [3.63, 3.8) is 0 Å². The molecule has 1 heterocycles. The van der Waals surface area contributed by atoms with Crippen LogP contribution in [0.15, 0.2) is 54.7 Å². The van der Waals surface area contributed by atoms with E-state index in [1.165, 1.54) is 13.0 Å². The number of nitrogens with zero attached hydrogens (tertiary/aromatic N) is 1. The van der Waals surface area contributed by atoms with Gasteiger partial charge in [-0.2, -0.15) is 0 Å².